The Hall–Kier alpha value is -1.14. The van der Waals surface area contributed by atoms with Gasteiger partial charge in [-0.2, -0.15) is 0 Å². The zero-order chi connectivity index (χ0) is 12.3. The predicted octanol–water partition coefficient (Wildman–Crippen LogP) is -1.13. The third-order valence-corrected chi connectivity index (χ3v) is 3.52. The van der Waals surface area contributed by atoms with Gasteiger partial charge >= 0.3 is 5.97 Å². The molecule has 1 saturated carbocycles. The second kappa shape index (κ2) is 5.01. The van der Waals surface area contributed by atoms with E-state index in [-0.39, 0.29) is 5.91 Å². The molecule has 1 amide bonds. The highest BCUT2D eigenvalue weighted by Gasteiger charge is 2.56. The number of carbonyl (C=O) groups excluding carboxylic acids is 1. The Morgan fingerprint density at radius 1 is 1.29 bits per heavy atom. The first-order chi connectivity index (χ1) is 8.15. The van der Waals surface area contributed by atoms with Crippen molar-refractivity contribution < 1.29 is 14.7 Å². The van der Waals surface area contributed by atoms with E-state index in [4.69, 9.17) is 5.11 Å². The van der Waals surface area contributed by atoms with Crippen molar-refractivity contribution >= 4 is 11.9 Å². The number of piperazine rings is 1. The van der Waals surface area contributed by atoms with Gasteiger partial charge in [-0.15, -0.1) is 0 Å². The van der Waals surface area contributed by atoms with Gasteiger partial charge in [0.05, 0.1) is 0 Å². The molecule has 1 saturated heterocycles. The fourth-order valence-corrected chi connectivity index (χ4v) is 2.09. The molecule has 17 heavy (non-hydrogen) atoms. The van der Waals surface area contributed by atoms with Crippen molar-refractivity contribution in [2.45, 2.75) is 12.8 Å². The van der Waals surface area contributed by atoms with E-state index in [1.165, 1.54) is 0 Å². The highest BCUT2D eigenvalue weighted by atomic mass is 16.4. The molecule has 96 valence electrons. The first-order valence-corrected chi connectivity index (χ1v) is 6.10. The van der Waals surface area contributed by atoms with E-state index in [2.05, 4.69) is 15.5 Å². The molecule has 2 rings (SSSR count). The number of rotatable bonds is 5. The summed E-state index contributed by atoms with van der Waals surface area (Å²) in [6, 6.07) is 0. The lowest BCUT2D eigenvalue weighted by molar-refractivity contribution is -0.149. The average Bonchev–Trinajstić information content (AvgIpc) is 3.11. The number of carbonyl (C=O) groups is 2. The first kappa shape index (κ1) is 12.3. The Kier molecular flexibility index (Phi) is 3.63. The topological polar surface area (TPSA) is 81.7 Å². The minimum absolute atomic E-state index is 0.319. The highest BCUT2D eigenvalue weighted by molar-refractivity contribution is 6.04. The lowest BCUT2D eigenvalue weighted by Crippen LogP contribution is -2.47. The maximum absolute atomic E-state index is 11.7. The summed E-state index contributed by atoms with van der Waals surface area (Å²) in [5.41, 5.74) is -1.11. The van der Waals surface area contributed by atoms with E-state index < -0.39 is 11.4 Å². The fourth-order valence-electron chi connectivity index (χ4n) is 2.09. The minimum atomic E-state index is -1.11. The second-order valence-electron chi connectivity index (χ2n) is 4.73. The van der Waals surface area contributed by atoms with Crippen molar-refractivity contribution in [1.82, 2.24) is 15.5 Å². The Morgan fingerprint density at radius 3 is 2.47 bits per heavy atom. The number of nitrogens with one attached hydrogen (secondary N) is 2. The van der Waals surface area contributed by atoms with E-state index in [9.17, 15) is 9.59 Å². The van der Waals surface area contributed by atoms with Crippen molar-refractivity contribution in [1.29, 1.82) is 0 Å². The summed E-state index contributed by atoms with van der Waals surface area (Å²) < 4.78 is 0. The molecule has 0 aromatic carbocycles. The normalized spacial score (nSPS) is 23.1. The number of nitrogens with zero attached hydrogens (tertiary/aromatic N) is 1. The molecule has 6 heteroatoms. The number of carboxylic acid groups (broad SMARTS) is 1. The molecule has 0 spiro atoms. The molecule has 2 fully saturated rings. The third-order valence-electron chi connectivity index (χ3n) is 3.52. The van der Waals surface area contributed by atoms with Crippen LogP contribution in [0, 0.1) is 5.41 Å². The van der Waals surface area contributed by atoms with Gasteiger partial charge in [-0.3, -0.25) is 14.5 Å². The van der Waals surface area contributed by atoms with Gasteiger partial charge in [-0.25, -0.2) is 0 Å². The molecular weight excluding hydrogens is 222 g/mol. The van der Waals surface area contributed by atoms with Crippen LogP contribution in [0.25, 0.3) is 0 Å². The van der Waals surface area contributed by atoms with E-state index in [0.29, 0.717) is 19.4 Å². The summed E-state index contributed by atoms with van der Waals surface area (Å²) >= 11 is 0. The summed E-state index contributed by atoms with van der Waals surface area (Å²) in [5, 5.41) is 14.9. The number of aliphatic carboxylic acids is 1. The van der Waals surface area contributed by atoms with Crippen LogP contribution < -0.4 is 10.6 Å². The van der Waals surface area contributed by atoms with E-state index in [1.54, 1.807) is 0 Å². The number of amides is 1. The quantitative estimate of drug-likeness (QED) is 0.531. The molecular formula is C11H19N3O3. The summed E-state index contributed by atoms with van der Waals surface area (Å²) in [4.78, 5) is 24.9. The van der Waals surface area contributed by atoms with Crippen molar-refractivity contribution in [2.75, 3.05) is 39.3 Å². The van der Waals surface area contributed by atoms with Crippen LogP contribution in [-0.2, 0) is 9.59 Å². The van der Waals surface area contributed by atoms with Crippen LogP contribution in [0.3, 0.4) is 0 Å². The van der Waals surface area contributed by atoms with Crippen LogP contribution in [0.5, 0.6) is 0 Å². The van der Waals surface area contributed by atoms with Gasteiger partial charge < -0.3 is 15.7 Å². The molecule has 0 radical (unpaired) electrons. The zero-order valence-electron chi connectivity index (χ0n) is 9.87. The second-order valence-corrected chi connectivity index (χ2v) is 4.73. The summed E-state index contributed by atoms with van der Waals surface area (Å²) in [6.45, 7) is 5.26. The molecule has 0 bridgehead atoms. The van der Waals surface area contributed by atoms with Crippen molar-refractivity contribution in [2.24, 2.45) is 5.41 Å². The van der Waals surface area contributed by atoms with Gasteiger partial charge in [0.2, 0.25) is 5.91 Å². The molecule has 3 N–H and O–H groups in total. The van der Waals surface area contributed by atoms with Gasteiger partial charge in [-0.05, 0) is 12.8 Å². The number of hydrogen-bond donors (Lipinski definition) is 3. The van der Waals surface area contributed by atoms with Gasteiger partial charge in [0.1, 0.15) is 5.41 Å². The third kappa shape index (κ3) is 2.76. The predicted molar refractivity (Wildman–Crippen MR) is 61.6 cm³/mol. The fraction of sp³-hybridized carbons (Fsp3) is 0.818. The molecule has 1 aliphatic heterocycles. The van der Waals surface area contributed by atoms with Gasteiger partial charge in [0.25, 0.3) is 0 Å². The standard InChI is InChI=1S/C11H19N3O3/c15-9(11(1-2-11)10(16)17)13-5-8-14-6-3-12-4-7-14/h12H,1-8H2,(H,13,15)(H,16,17). The Morgan fingerprint density at radius 2 is 1.94 bits per heavy atom. The van der Waals surface area contributed by atoms with Crippen molar-refractivity contribution in [3.05, 3.63) is 0 Å². The molecule has 2 aliphatic rings. The Labute approximate surface area is 100 Å². The highest BCUT2D eigenvalue weighted by Crippen LogP contribution is 2.45. The van der Waals surface area contributed by atoms with Gasteiger partial charge in [0, 0.05) is 39.3 Å². The van der Waals surface area contributed by atoms with Gasteiger partial charge in [-0.1, -0.05) is 0 Å². The number of carboxylic acids is 1. The average molecular weight is 241 g/mol. The monoisotopic (exact) mass is 241 g/mol. The van der Waals surface area contributed by atoms with Crippen LogP contribution in [0.4, 0.5) is 0 Å². The first-order valence-electron chi connectivity index (χ1n) is 6.10. The molecule has 6 nitrogen and oxygen atoms in total. The van der Waals surface area contributed by atoms with Crippen LogP contribution in [0.2, 0.25) is 0 Å². The minimum Gasteiger partial charge on any atom is -0.480 e. The maximum atomic E-state index is 11.7. The van der Waals surface area contributed by atoms with Crippen LogP contribution in [-0.4, -0.2) is 61.2 Å². The molecule has 0 aromatic heterocycles. The van der Waals surface area contributed by atoms with Crippen LogP contribution >= 0.6 is 0 Å². The molecule has 0 unspecified atom stereocenters. The summed E-state index contributed by atoms with van der Waals surface area (Å²) in [7, 11) is 0. The van der Waals surface area contributed by atoms with Crippen LogP contribution in [0.1, 0.15) is 12.8 Å². The SMILES string of the molecule is O=C(O)C1(C(=O)NCCN2CCNCC2)CC1. The van der Waals surface area contributed by atoms with Crippen molar-refractivity contribution in [3.63, 3.8) is 0 Å². The molecule has 1 aliphatic carbocycles. The Bertz CT molecular complexity index is 309. The lowest BCUT2D eigenvalue weighted by Gasteiger charge is -2.27. The molecule has 1 heterocycles. The summed E-state index contributed by atoms with van der Waals surface area (Å²) in [6.07, 6.45) is 0.948. The van der Waals surface area contributed by atoms with E-state index in [1.807, 2.05) is 0 Å². The zero-order valence-corrected chi connectivity index (χ0v) is 9.87. The molecule has 0 atom stereocenters. The van der Waals surface area contributed by atoms with E-state index in [0.717, 1.165) is 32.7 Å². The molecule has 0 aromatic rings. The summed E-state index contributed by atoms with van der Waals surface area (Å²) in [5.74, 6) is -1.31. The Balaban J connectivity index is 1.68. The maximum Gasteiger partial charge on any atom is 0.319 e. The van der Waals surface area contributed by atoms with Crippen LogP contribution in [0.15, 0.2) is 0 Å². The van der Waals surface area contributed by atoms with Crippen molar-refractivity contribution in [3.8, 4) is 0 Å². The number of hydrogen-bond acceptors (Lipinski definition) is 4. The van der Waals surface area contributed by atoms with E-state index >= 15 is 0 Å². The van der Waals surface area contributed by atoms with Gasteiger partial charge in [0.15, 0.2) is 0 Å². The lowest BCUT2D eigenvalue weighted by atomic mass is 10.1. The smallest absolute Gasteiger partial charge is 0.319 e. The largest absolute Gasteiger partial charge is 0.480 e.